The third-order valence-electron chi connectivity index (χ3n) is 4.24. The Kier molecular flexibility index (Phi) is 5.45. The van der Waals surface area contributed by atoms with Crippen molar-refractivity contribution in [3.63, 3.8) is 0 Å². The van der Waals surface area contributed by atoms with Crippen LogP contribution in [-0.2, 0) is 9.53 Å². The van der Waals surface area contributed by atoms with Gasteiger partial charge in [-0.05, 0) is 32.1 Å². The van der Waals surface area contributed by atoms with Gasteiger partial charge in [-0.2, -0.15) is 0 Å². The van der Waals surface area contributed by atoms with E-state index in [9.17, 15) is 4.79 Å². The lowest BCUT2D eigenvalue weighted by Crippen LogP contribution is -2.43. The van der Waals surface area contributed by atoms with E-state index in [0.717, 1.165) is 32.1 Å². The van der Waals surface area contributed by atoms with Crippen molar-refractivity contribution in [3.8, 4) is 0 Å². The molecule has 0 saturated heterocycles. The van der Waals surface area contributed by atoms with Crippen LogP contribution in [0.3, 0.4) is 0 Å². The highest BCUT2D eigenvalue weighted by molar-refractivity contribution is 5.78. The first-order valence-corrected chi connectivity index (χ1v) is 7.33. The Bertz CT molecular complexity index is 265. The fourth-order valence-electron chi connectivity index (χ4n) is 3.10. The summed E-state index contributed by atoms with van der Waals surface area (Å²) in [5.74, 6) is 0.155. The van der Waals surface area contributed by atoms with Gasteiger partial charge < -0.3 is 15.4 Å². The minimum Gasteiger partial charge on any atom is -0.381 e. The van der Waals surface area contributed by atoms with E-state index < -0.39 is 0 Å². The SMILES string of the molecule is COC1CCC(NCC(=O)NC2CCCCC2)C1. The predicted octanol–water partition coefficient (Wildman–Crippen LogP) is 1.59. The van der Waals surface area contributed by atoms with E-state index in [1.165, 1.54) is 19.3 Å². The van der Waals surface area contributed by atoms with Crippen LogP contribution in [0.1, 0.15) is 51.4 Å². The van der Waals surface area contributed by atoms with Gasteiger partial charge in [0.2, 0.25) is 5.91 Å². The Morgan fingerprint density at radius 2 is 1.89 bits per heavy atom. The molecule has 2 aliphatic carbocycles. The lowest BCUT2D eigenvalue weighted by atomic mass is 9.95. The monoisotopic (exact) mass is 254 g/mol. The van der Waals surface area contributed by atoms with Crippen molar-refractivity contribution >= 4 is 5.91 Å². The van der Waals surface area contributed by atoms with Crippen molar-refractivity contribution in [2.75, 3.05) is 13.7 Å². The minimum absolute atomic E-state index is 0.155. The molecule has 0 aromatic heterocycles. The standard InChI is InChI=1S/C14H26N2O2/c1-18-13-8-7-12(9-13)15-10-14(17)16-11-5-3-2-4-6-11/h11-13,15H,2-10H2,1H3,(H,16,17). The highest BCUT2D eigenvalue weighted by Gasteiger charge is 2.24. The molecule has 0 aliphatic heterocycles. The third kappa shape index (κ3) is 4.25. The lowest BCUT2D eigenvalue weighted by molar-refractivity contribution is -0.121. The molecular weight excluding hydrogens is 228 g/mol. The average molecular weight is 254 g/mol. The summed E-state index contributed by atoms with van der Waals surface area (Å²) in [6, 6.07) is 0.871. The molecule has 0 aromatic carbocycles. The fraction of sp³-hybridized carbons (Fsp3) is 0.929. The topological polar surface area (TPSA) is 50.4 Å². The quantitative estimate of drug-likeness (QED) is 0.783. The summed E-state index contributed by atoms with van der Waals surface area (Å²) in [5, 5.41) is 6.48. The van der Waals surface area contributed by atoms with Gasteiger partial charge in [-0.3, -0.25) is 4.79 Å². The number of carbonyl (C=O) groups excluding carboxylic acids is 1. The molecule has 2 unspecified atom stereocenters. The van der Waals surface area contributed by atoms with Crippen molar-refractivity contribution < 1.29 is 9.53 Å². The number of methoxy groups -OCH3 is 1. The zero-order valence-electron chi connectivity index (χ0n) is 11.4. The molecule has 0 bridgehead atoms. The zero-order valence-corrected chi connectivity index (χ0v) is 11.4. The molecule has 2 fully saturated rings. The third-order valence-corrected chi connectivity index (χ3v) is 4.24. The molecule has 2 aliphatic rings. The van der Waals surface area contributed by atoms with Crippen LogP contribution in [0.25, 0.3) is 0 Å². The molecule has 4 heteroatoms. The van der Waals surface area contributed by atoms with Crippen molar-refractivity contribution in [1.29, 1.82) is 0 Å². The number of hydrogen-bond acceptors (Lipinski definition) is 3. The van der Waals surface area contributed by atoms with Crippen LogP contribution in [0.15, 0.2) is 0 Å². The number of ether oxygens (including phenoxy) is 1. The number of amides is 1. The maximum absolute atomic E-state index is 11.8. The molecule has 2 N–H and O–H groups in total. The number of carbonyl (C=O) groups is 1. The van der Waals surface area contributed by atoms with Crippen LogP contribution in [0.4, 0.5) is 0 Å². The first-order valence-electron chi connectivity index (χ1n) is 7.33. The van der Waals surface area contributed by atoms with Gasteiger partial charge in [0.15, 0.2) is 0 Å². The molecule has 0 spiro atoms. The zero-order chi connectivity index (χ0) is 12.8. The van der Waals surface area contributed by atoms with Gasteiger partial charge in [0.1, 0.15) is 0 Å². The Morgan fingerprint density at radius 1 is 1.11 bits per heavy atom. The molecule has 2 saturated carbocycles. The van der Waals surface area contributed by atoms with Crippen molar-refractivity contribution in [3.05, 3.63) is 0 Å². The first kappa shape index (κ1) is 13.8. The van der Waals surface area contributed by atoms with Gasteiger partial charge in [0.05, 0.1) is 12.6 Å². The van der Waals surface area contributed by atoms with Gasteiger partial charge in [-0.25, -0.2) is 0 Å². The summed E-state index contributed by atoms with van der Waals surface area (Å²) in [6.45, 7) is 0.456. The highest BCUT2D eigenvalue weighted by Crippen LogP contribution is 2.21. The second-order valence-corrected chi connectivity index (χ2v) is 5.65. The molecule has 104 valence electrons. The molecule has 2 rings (SSSR count). The molecule has 2 atom stereocenters. The maximum atomic E-state index is 11.8. The highest BCUT2D eigenvalue weighted by atomic mass is 16.5. The van der Waals surface area contributed by atoms with Crippen LogP contribution >= 0.6 is 0 Å². The van der Waals surface area contributed by atoms with E-state index in [0.29, 0.717) is 24.7 Å². The molecule has 18 heavy (non-hydrogen) atoms. The summed E-state index contributed by atoms with van der Waals surface area (Å²) in [5.41, 5.74) is 0. The van der Waals surface area contributed by atoms with E-state index in [1.807, 2.05) is 0 Å². The van der Waals surface area contributed by atoms with Gasteiger partial charge in [-0.1, -0.05) is 19.3 Å². The van der Waals surface area contributed by atoms with E-state index in [-0.39, 0.29) is 5.91 Å². The summed E-state index contributed by atoms with van der Waals surface area (Å²) in [6.07, 6.45) is 9.80. The Balaban J connectivity index is 1.59. The van der Waals surface area contributed by atoms with E-state index >= 15 is 0 Å². The summed E-state index contributed by atoms with van der Waals surface area (Å²) < 4.78 is 5.33. The molecule has 1 amide bonds. The van der Waals surface area contributed by atoms with E-state index in [2.05, 4.69) is 10.6 Å². The second kappa shape index (κ2) is 7.10. The van der Waals surface area contributed by atoms with Gasteiger partial charge in [0.25, 0.3) is 0 Å². The second-order valence-electron chi connectivity index (χ2n) is 5.65. The van der Waals surface area contributed by atoms with Gasteiger partial charge in [0, 0.05) is 19.2 Å². The maximum Gasteiger partial charge on any atom is 0.234 e. The van der Waals surface area contributed by atoms with E-state index in [1.54, 1.807) is 7.11 Å². The van der Waals surface area contributed by atoms with Crippen molar-refractivity contribution in [1.82, 2.24) is 10.6 Å². The smallest absolute Gasteiger partial charge is 0.234 e. The summed E-state index contributed by atoms with van der Waals surface area (Å²) in [7, 11) is 1.77. The largest absolute Gasteiger partial charge is 0.381 e. The number of nitrogens with one attached hydrogen (secondary N) is 2. The van der Waals surface area contributed by atoms with Gasteiger partial charge in [-0.15, -0.1) is 0 Å². The fourth-order valence-corrected chi connectivity index (χ4v) is 3.10. The van der Waals surface area contributed by atoms with Crippen LogP contribution in [0.2, 0.25) is 0 Å². The minimum atomic E-state index is 0.155. The van der Waals surface area contributed by atoms with Crippen LogP contribution in [0, 0.1) is 0 Å². The predicted molar refractivity (Wildman–Crippen MR) is 71.5 cm³/mol. The Hall–Kier alpha value is -0.610. The lowest BCUT2D eigenvalue weighted by Gasteiger charge is -2.23. The van der Waals surface area contributed by atoms with Crippen molar-refractivity contribution in [2.45, 2.75) is 69.6 Å². The number of rotatable bonds is 5. The Labute approximate surface area is 110 Å². The van der Waals surface area contributed by atoms with Gasteiger partial charge >= 0.3 is 0 Å². The van der Waals surface area contributed by atoms with E-state index in [4.69, 9.17) is 4.74 Å². The van der Waals surface area contributed by atoms with Crippen LogP contribution in [0.5, 0.6) is 0 Å². The normalized spacial score (nSPS) is 29.4. The molecule has 0 aromatic rings. The first-order chi connectivity index (χ1) is 8.78. The van der Waals surface area contributed by atoms with Crippen molar-refractivity contribution in [2.24, 2.45) is 0 Å². The van der Waals surface area contributed by atoms with Crippen LogP contribution < -0.4 is 10.6 Å². The van der Waals surface area contributed by atoms with Crippen LogP contribution in [-0.4, -0.2) is 37.7 Å². The molecule has 4 nitrogen and oxygen atoms in total. The molecule has 0 heterocycles. The number of hydrogen-bond donors (Lipinski definition) is 2. The molecular formula is C14H26N2O2. The summed E-state index contributed by atoms with van der Waals surface area (Å²) >= 11 is 0. The average Bonchev–Trinajstić information content (AvgIpc) is 2.85. The summed E-state index contributed by atoms with van der Waals surface area (Å²) in [4.78, 5) is 11.8. The Morgan fingerprint density at radius 3 is 2.56 bits per heavy atom. The molecule has 0 radical (unpaired) electrons.